The number of aromatic nitrogens is 4. The zero-order valence-corrected chi connectivity index (χ0v) is 16.3. The van der Waals surface area contributed by atoms with Crippen molar-refractivity contribution in [2.24, 2.45) is 7.05 Å². The van der Waals surface area contributed by atoms with Gasteiger partial charge in [-0.15, -0.1) is 6.58 Å². The minimum Gasteiger partial charge on any atom is -0.340 e. The minimum absolute atomic E-state index is 0.317. The van der Waals surface area contributed by atoms with Crippen LogP contribution in [0.1, 0.15) is 5.56 Å². The van der Waals surface area contributed by atoms with E-state index in [2.05, 4.69) is 26.3 Å². The lowest BCUT2D eigenvalue weighted by Gasteiger charge is -2.34. The van der Waals surface area contributed by atoms with E-state index in [1.54, 1.807) is 19.2 Å². The molecule has 0 saturated carbocycles. The third-order valence-corrected chi connectivity index (χ3v) is 5.28. The van der Waals surface area contributed by atoms with Crippen molar-refractivity contribution in [2.45, 2.75) is 6.54 Å². The summed E-state index contributed by atoms with van der Waals surface area (Å²) < 4.78 is 16.5. The SMILES string of the molecule is C=CCN1CCN(c2nc3c(c(=O)[nH]c(=O)n3C)n2Cc2ccc(F)cc2)CC1. The van der Waals surface area contributed by atoms with Crippen LogP contribution in [0.2, 0.25) is 0 Å². The van der Waals surface area contributed by atoms with Gasteiger partial charge in [0.2, 0.25) is 5.95 Å². The van der Waals surface area contributed by atoms with Crippen molar-refractivity contribution < 1.29 is 4.39 Å². The molecular formula is C20H23FN6O2. The molecule has 0 radical (unpaired) electrons. The average Bonchev–Trinajstić information content (AvgIpc) is 3.09. The van der Waals surface area contributed by atoms with Crippen molar-refractivity contribution in [3.05, 3.63) is 69.1 Å². The van der Waals surface area contributed by atoms with Gasteiger partial charge in [0.05, 0.1) is 6.54 Å². The lowest BCUT2D eigenvalue weighted by Crippen LogP contribution is -2.47. The largest absolute Gasteiger partial charge is 0.340 e. The van der Waals surface area contributed by atoms with Crippen LogP contribution in [0.3, 0.4) is 0 Å². The molecule has 1 aromatic carbocycles. The molecule has 2 aromatic heterocycles. The van der Waals surface area contributed by atoms with E-state index in [1.165, 1.54) is 16.7 Å². The number of H-pyrrole nitrogens is 1. The van der Waals surface area contributed by atoms with Crippen LogP contribution in [0.15, 0.2) is 46.5 Å². The van der Waals surface area contributed by atoms with Crippen molar-refractivity contribution >= 4 is 17.1 Å². The monoisotopic (exact) mass is 398 g/mol. The van der Waals surface area contributed by atoms with E-state index in [0.717, 1.165) is 38.3 Å². The topological polar surface area (TPSA) is 79.2 Å². The molecule has 0 spiro atoms. The standard InChI is InChI=1S/C20H23FN6O2/c1-3-8-25-9-11-26(12-10-25)19-22-17-16(18(28)23-20(29)24(17)2)27(19)13-14-4-6-15(21)7-5-14/h3-7H,1,8-13H2,2H3,(H,23,28,29). The second kappa shape index (κ2) is 7.67. The second-order valence-electron chi connectivity index (χ2n) is 7.19. The Morgan fingerprint density at radius 3 is 2.52 bits per heavy atom. The van der Waals surface area contributed by atoms with Gasteiger partial charge in [-0.2, -0.15) is 4.98 Å². The van der Waals surface area contributed by atoms with E-state index in [4.69, 9.17) is 0 Å². The number of aromatic amines is 1. The van der Waals surface area contributed by atoms with Crippen LogP contribution < -0.4 is 16.1 Å². The Balaban J connectivity index is 1.80. The number of anilines is 1. The fourth-order valence-corrected chi connectivity index (χ4v) is 3.70. The first-order chi connectivity index (χ1) is 14.0. The fourth-order valence-electron chi connectivity index (χ4n) is 3.70. The number of nitrogens with one attached hydrogen (secondary N) is 1. The summed E-state index contributed by atoms with van der Waals surface area (Å²) in [4.78, 5) is 36.1. The molecule has 152 valence electrons. The van der Waals surface area contributed by atoms with Gasteiger partial charge in [0, 0.05) is 39.8 Å². The first kappa shape index (κ1) is 19.1. The summed E-state index contributed by atoms with van der Waals surface area (Å²) in [6.07, 6.45) is 1.88. The van der Waals surface area contributed by atoms with E-state index in [0.29, 0.717) is 23.7 Å². The third-order valence-electron chi connectivity index (χ3n) is 5.28. The molecule has 1 aliphatic heterocycles. The molecule has 0 aliphatic carbocycles. The maximum atomic E-state index is 13.3. The van der Waals surface area contributed by atoms with Gasteiger partial charge in [-0.25, -0.2) is 9.18 Å². The van der Waals surface area contributed by atoms with Crippen LogP contribution in [-0.4, -0.2) is 56.7 Å². The summed E-state index contributed by atoms with van der Waals surface area (Å²) in [5, 5.41) is 0. The van der Waals surface area contributed by atoms with Gasteiger partial charge in [-0.05, 0) is 17.7 Å². The van der Waals surface area contributed by atoms with Crippen LogP contribution in [0.5, 0.6) is 0 Å². The summed E-state index contributed by atoms with van der Waals surface area (Å²) in [5.74, 6) is 0.317. The molecule has 1 aliphatic rings. The van der Waals surface area contributed by atoms with Gasteiger partial charge >= 0.3 is 5.69 Å². The fraction of sp³-hybridized carbons (Fsp3) is 0.350. The summed E-state index contributed by atoms with van der Waals surface area (Å²) in [5.41, 5.74) is 0.528. The molecule has 1 saturated heterocycles. The molecule has 0 amide bonds. The van der Waals surface area contributed by atoms with E-state index in [1.807, 2.05) is 10.6 Å². The second-order valence-corrected chi connectivity index (χ2v) is 7.19. The van der Waals surface area contributed by atoms with Crippen LogP contribution in [0.4, 0.5) is 10.3 Å². The van der Waals surface area contributed by atoms with E-state index < -0.39 is 11.2 Å². The van der Waals surface area contributed by atoms with Crippen LogP contribution >= 0.6 is 0 Å². The molecule has 3 aromatic rings. The van der Waals surface area contributed by atoms with Crippen LogP contribution in [0.25, 0.3) is 11.2 Å². The highest BCUT2D eigenvalue weighted by Crippen LogP contribution is 2.22. The Morgan fingerprint density at radius 2 is 1.86 bits per heavy atom. The molecule has 4 rings (SSSR count). The van der Waals surface area contributed by atoms with Crippen molar-refractivity contribution in [1.82, 2.24) is 24.0 Å². The van der Waals surface area contributed by atoms with Gasteiger partial charge in [0.15, 0.2) is 11.2 Å². The number of aryl methyl sites for hydroxylation is 1. The molecule has 8 nitrogen and oxygen atoms in total. The summed E-state index contributed by atoms with van der Waals surface area (Å²) in [7, 11) is 1.58. The summed E-state index contributed by atoms with van der Waals surface area (Å²) in [6.45, 7) is 8.14. The van der Waals surface area contributed by atoms with Gasteiger partial charge in [-0.1, -0.05) is 18.2 Å². The molecule has 0 unspecified atom stereocenters. The highest BCUT2D eigenvalue weighted by atomic mass is 19.1. The molecule has 29 heavy (non-hydrogen) atoms. The Labute approximate surface area is 166 Å². The number of rotatable bonds is 5. The Morgan fingerprint density at radius 1 is 1.17 bits per heavy atom. The smallest absolute Gasteiger partial charge is 0.329 e. The van der Waals surface area contributed by atoms with Gasteiger partial charge < -0.3 is 4.90 Å². The van der Waals surface area contributed by atoms with Crippen LogP contribution in [-0.2, 0) is 13.6 Å². The normalized spacial score (nSPS) is 15.2. The highest BCUT2D eigenvalue weighted by Gasteiger charge is 2.24. The molecule has 0 bridgehead atoms. The molecule has 3 heterocycles. The molecule has 9 heteroatoms. The lowest BCUT2D eigenvalue weighted by molar-refractivity contribution is 0.282. The number of benzene rings is 1. The highest BCUT2D eigenvalue weighted by molar-refractivity contribution is 5.74. The molecule has 0 atom stereocenters. The van der Waals surface area contributed by atoms with Crippen molar-refractivity contribution in [2.75, 3.05) is 37.6 Å². The number of halogens is 1. The van der Waals surface area contributed by atoms with Crippen LogP contribution in [0, 0.1) is 5.82 Å². The maximum absolute atomic E-state index is 13.3. The van der Waals surface area contributed by atoms with Crippen molar-refractivity contribution in [3.8, 4) is 0 Å². The van der Waals surface area contributed by atoms with E-state index in [9.17, 15) is 14.0 Å². The third kappa shape index (κ3) is 3.61. The minimum atomic E-state index is -0.503. The number of piperazine rings is 1. The number of nitrogens with zero attached hydrogens (tertiary/aromatic N) is 5. The first-order valence-corrected chi connectivity index (χ1v) is 9.50. The summed E-state index contributed by atoms with van der Waals surface area (Å²) >= 11 is 0. The van der Waals surface area contributed by atoms with Crippen molar-refractivity contribution in [1.29, 1.82) is 0 Å². The molecule has 1 fully saturated rings. The zero-order valence-electron chi connectivity index (χ0n) is 16.3. The quantitative estimate of drug-likeness (QED) is 0.647. The van der Waals surface area contributed by atoms with Gasteiger partial charge in [-0.3, -0.25) is 23.8 Å². The Kier molecular flexibility index (Phi) is 5.06. The number of imidazole rings is 1. The number of fused-ring (bicyclic) bond motifs is 1. The van der Waals surface area contributed by atoms with E-state index in [-0.39, 0.29) is 5.82 Å². The number of hydrogen-bond acceptors (Lipinski definition) is 5. The Bertz CT molecular complexity index is 1150. The summed E-state index contributed by atoms with van der Waals surface area (Å²) in [6, 6.07) is 6.15. The maximum Gasteiger partial charge on any atom is 0.329 e. The Hall–Kier alpha value is -3.20. The predicted octanol–water partition coefficient (Wildman–Crippen LogP) is 0.919. The van der Waals surface area contributed by atoms with E-state index >= 15 is 0 Å². The average molecular weight is 398 g/mol. The van der Waals surface area contributed by atoms with Gasteiger partial charge in [0.25, 0.3) is 5.56 Å². The lowest BCUT2D eigenvalue weighted by atomic mass is 10.2. The zero-order chi connectivity index (χ0) is 20.5. The molecule has 1 N–H and O–H groups in total. The first-order valence-electron chi connectivity index (χ1n) is 9.50. The number of hydrogen-bond donors (Lipinski definition) is 1. The van der Waals surface area contributed by atoms with Crippen molar-refractivity contribution in [3.63, 3.8) is 0 Å². The van der Waals surface area contributed by atoms with Gasteiger partial charge in [0.1, 0.15) is 5.82 Å². The molecular weight excluding hydrogens is 375 g/mol. The predicted molar refractivity (Wildman–Crippen MR) is 110 cm³/mol.